The molecule has 1 aliphatic rings. The van der Waals surface area contributed by atoms with Gasteiger partial charge in [-0.3, -0.25) is 9.59 Å². The van der Waals surface area contributed by atoms with Crippen molar-refractivity contribution in [2.75, 3.05) is 51.7 Å². The molecule has 0 aliphatic carbocycles. The van der Waals surface area contributed by atoms with Crippen LogP contribution >= 0.6 is 11.3 Å². The van der Waals surface area contributed by atoms with Gasteiger partial charge in [-0.25, -0.2) is 0 Å². The molecule has 0 bridgehead atoms. The van der Waals surface area contributed by atoms with Gasteiger partial charge >= 0.3 is 0 Å². The summed E-state index contributed by atoms with van der Waals surface area (Å²) in [5, 5.41) is 12.8. The van der Waals surface area contributed by atoms with Crippen LogP contribution in [-0.2, 0) is 6.54 Å². The minimum Gasteiger partial charge on any atom is -0.366 e. The highest BCUT2D eigenvalue weighted by Gasteiger charge is 2.27. The number of nitriles is 1. The number of benzene rings is 1. The number of thiophene rings is 1. The summed E-state index contributed by atoms with van der Waals surface area (Å²) in [6, 6.07) is 12.0. The second-order valence-corrected chi connectivity index (χ2v) is 9.67. The molecule has 0 radical (unpaired) electrons. The van der Waals surface area contributed by atoms with Crippen molar-refractivity contribution < 1.29 is 4.79 Å². The van der Waals surface area contributed by atoms with Gasteiger partial charge in [0.2, 0.25) is 0 Å². The van der Waals surface area contributed by atoms with Gasteiger partial charge in [0.05, 0.1) is 16.1 Å². The fraction of sp³-hybridized carbons (Fsp3) is 0.400. The Morgan fingerprint density at radius 1 is 1.18 bits per heavy atom. The third-order valence-electron chi connectivity index (χ3n) is 6.11. The van der Waals surface area contributed by atoms with E-state index in [9.17, 15) is 14.9 Å². The summed E-state index contributed by atoms with van der Waals surface area (Å²) < 4.78 is 1.75. The number of piperazine rings is 1. The van der Waals surface area contributed by atoms with Gasteiger partial charge in [-0.2, -0.15) is 5.26 Å². The summed E-state index contributed by atoms with van der Waals surface area (Å²) in [7, 11) is 4.02. The number of nitrogens with zero attached hydrogens (tertiary/aromatic N) is 5. The van der Waals surface area contributed by atoms with Crippen molar-refractivity contribution in [1.82, 2.24) is 14.4 Å². The van der Waals surface area contributed by atoms with E-state index in [0.717, 1.165) is 34.3 Å². The van der Waals surface area contributed by atoms with Crippen molar-refractivity contribution >= 4 is 33.8 Å². The van der Waals surface area contributed by atoms with Crippen LogP contribution < -0.4 is 10.5 Å². The number of hydrogen-bond donors (Lipinski definition) is 0. The molecule has 1 aromatic carbocycles. The Balaban J connectivity index is 1.69. The molecule has 1 fully saturated rings. The molecule has 3 heterocycles. The molecule has 8 heteroatoms. The molecular formula is C25H29N5O2S. The fourth-order valence-corrected chi connectivity index (χ4v) is 5.13. The summed E-state index contributed by atoms with van der Waals surface area (Å²) >= 11 is 1.45. The number of carbonyl (C=O) groups excluding carboxylic acids is 1. The molecule has 172 valence electrons. The lowest BCUT2D eigenvalue weighted by Gasteiger charge is -2.37. The molecule has 2 aromatic heterocycles. The first-order chi connectivity index (χ1) is 15.9. The highest BCUT2D eigenvalue weighted by atomic mass is 32.1. The number of aromatic nitrogens is 1. The minimum atomic E-state index is -0.236. The van der Waals surface area contributed by atoms with Crippen molar-refractivity contribution in [3.05, 3.63) is 62.1 Å². The zero-order valence-electron chi connectivity index (χ0n) is 19.4. The van der Waals surface area contributed by atoms with Crippen LogP contribution in [0.5, 0.6) is 0 Å². The first-order valence-electron chi connectivity index (χ1n) is 11.2. The van der Waals surface area contributed by atoms with Crippen LogP contribution in [-0.4, -0.2) is 67.1 Å². The van der Waals surface area contributed by atoms with Crippen LogP contribution in [0.15, 0.2) is 40.5 Å². The number of fused-ring (bicyclic) bond motifs is 1. The zero-order valence-corrected chi connectivity index (χ0v) is 20.2. The van der Waals surface area contributed by atoms with E-state index in [2.05, 4.69) is 21.9 Å². The van der Waals surface area contributed by atoms with Crippen LogP contribution in [0.4, 0.5) is 5.69 Å². The molecule has 0 N–H and O–H groups in total. The molecule has 33 heavy (non-hydrogen) atoms. The number of carbonyl (C=O) groups is 1. The monoisotopic (exact) mass is 463 g/mol. The minimum absolute atomic E-state index is 0.0437. The SMILES string of the molecule is Cc1ccc2c(c1)c(N1CCN(C(=O)c3cccs3)CC1)c(C#N)c(=O)n2CCCN(C)C. The van der Waals surface area contributed by atoms with Crippen molar-refractivity contribution in [1.29, 1.82) is 5.26 Å². The van der Waals surface area contributed by atoms with Crippen LogP contribution in [0.2, 0.25) is 0 Å². The Hall–Kier alpha value is -3.15. The molecule has 0 spiro atoms. The molecular weight excluding hydrogens is 434 g/mol. The summed E-state index contributed by atoms with van der Waals surface area (Å²) in [6.45, 7) is 5.73. The second-order valence-electron chi connectivity index (χ2n) is 8.73. The lowest BCUT2D eigenvalue weighted by molar-refractivity contribution is 0.0751. The van der Waals surface area contributed by atoms with Crippen molar-refractivity contribution in [2.24, 2.45) is 0 Å². The highest BCUT2D eigenvalue weighted by Crippen LogP contribution is 2.31. The molecule has 1 amide bonds. The second kappa shape index (κ2) is 9.77. The van der Waals surface area contributed by atoms with E-state index in [0.29, 0.717) is 38.4 Å². The molecule has 0 unspecified atom stereocenters. The number of anilines is 1. The van der Waals surface area contributed by atoms with E-state index in [1.54, 1.807) is 4.57 Å². The number of aryl methyl sites for hydroxylation is 2. The summed E-state index contributed by atoms with van der Waals surface area (Å²) in [5.41, 5.74) is 2.59. The van der Waals surface area contributed by atoms with E-state index in [-0.39, 0.29) is 17.0 Å². The van der Waals surface area contributed by atoms with Crippen LogP contribution in [0.25, 0.3) is 10.9 Å². The van der Waals surface area contributed by atoms with Gasteiger partial charge in [-0.1, -0.05) is 17.7 Å². The number of amides is 1. The molecule has 4 rings (SSSR count). The van der Waals surface area contributed by atoms with E-state index in [1.165, 1.54) is 11.3 Å². The maximum absolute atomic E-state index is 13.4. The smallest absolute Gasteiger partial charge is 0.271 e. The van der Waals surface area contributed by atoms with Crippen LogP contribution in [0.3, 0.4) is 0 Å². The molecule has 1 saturated heterocycles. The maximum Gasteiger partial charge on any atom is 0.271 e. The summed E-state index contributed by atoms with van der Waals surface area (Å²) in [4.78, 5) is 32.9. The summed E-state index contributed by atoms with van der Waals surface area (Å²) in [6.07, 6.45) is 0.823. The average Bonchev–Trinajstić information content (AvgIpc) is 3.34. The Labute approximate surface area is 198 Å². The van der Waals surface area contributed by atoms with Gasteiger partial charge in [-0.05, 0) is 57.6 Å². The fourth-order valence-electron chi connectivity index (χ4n) is 4.44. The Morgan fingerprint density at radius 3 is 2.58 bits per heavy atom. The van der Waals surface area contributed by atoms with Gasteiger partial charge in [0.1, 0.15) is 11.6 Å². The quantitative estimate of drug-likeness (QED) is 0.562. The van der Waals surface area contributed by atoms with Gasteiger partial charge in [0.25, 0.3) is 11.5 Å². The van der Waals surface area contributed by atoms with Gasteiger partial charge in [-0.15, -0.1) is 11.3 Å². The lowest BCUT2D eigenvalue weighted by Crippen LogP contribution is -2.49. The van der Waals surface area contributed by atoms with E-state index >= 15 is 0 Å². The van der Waals surface area contributed by atoms with Gasteiger partial charge in [0.15, 0.2) is 0 Å². The highest BCUT2D eigenvalue weighted by molar-refractivity contribution is 7.12. The van der Waals surface area contributed by atoms with Crippen molar-refractivity contribution in [2.45, 2.75) is 19.9 Å². The standard InChI is InChI=1S/C25H29N5O2S/c1-18-7-8-21-19(16-18)23(20(17-26)24(31)30(21)10-5-9-27(2)3)28-11-13-29(14-12-28)25(32)22-6-4-15-33-22/h4,6-8,15-16H,5,9-14H2,1-3H3. The third-order valence-corrected chi connectivity index (χ3v) is 6.97. The van der Waals surface area contributed by atoms with Gasteiger partial charge < -0.3 is 19.3 Å². The normalized spacial score (nSPS) is 14.2. The van der Waals surface area contributed by atoms with E-state index < -0.39 is 0 Å². The first-order valence-corrected chi connectivity index (χ1v) is 12.1. The molecule has 1 aliphatic heterocycles. The lowest BCUT2D eigenvalue weighted by atomic mass is 10.0. The molecule has 3 aromatic rings. The van der Waals surface area contributed by atoms with E-state index in [4.69, 9.17) is 0 Å². The van der Waals surface area contributed by atoms with Crippen LogP contribution in [0, 0.1) is 18.3 Å². The third kappa shape index (κ3) is 4.65. The Bertz CT molecular complexity index is 1250. The predicted molar refractivity (Wildman–Crippen MR) is 133 cm³/mol. The Kier molecular flexibility index (Phi) is 6.82. The summed E-state index contributed by atoms with van der Waals surface area (Å²) in [5.74, 6) is 0.0437. The Morgan fingerprint density at radius 2 is 1.94 bits per heavy atom. The van der Waals surface area contributed by atoms with Crippen molar-refractivity contribution in [3.63, 3.8) is 0 Å². The largest absolute Gasteiger partial charge is 0.366 e. The molecule has 0 saturated carbocycles. The van der Waals surface area contributed by atoms with Crippen LogP contribution in [0.1, 0.15) is 27.2 Å². The number of hydrogen-bond acceptors (Lipinski definition) is 6. The topological polar surface area (TPSA) is 72.6 Å². The zero-order chi connectivity index (χ0) is 23.5. The number of pyridine rings is 1. The average molecular weight is 464 g/mol. The predicted octanol–water partition coefficient (Wildman–Crippen LogP) is 3.16. The molecule has 7 nitrogen and oxygen atoms in total. The van der Waals surface area contributed by atoms with E-state index in [1.807, 2.05) is 55.6 Å². The van der Waals surface area contributed by atoms with Gasteiger partial charge in [0, 0.05) is 38.1 Å². The maximum atomic E-state index is 13.4. The number of rotatable bonds is 6. The first kappa shape index (κ1) is 23.0. The molecule has 0 atom stereocenters. The van der Waals surface area contributed by atoms with Crippen molar-refractivity contribution in [3.8, 4) is 6.07 Å².